The van der Waals surface area contributed by atoms with Gasteiger partial charge in [-0.05, 0) is 55.7 Å². The summed E-state index contributed by atoms with van der Waals surface area (Å²) in [6, 6.07) is 6.58. The Labute approximate surface area is 127 Å². The maximum absolute atomic E-state index is 8.78. The summed E-state index contributed by atoms with van der Waals surface area (Å²) in [5.41, 5.74) is 9.75. The monoisotopic (exact) mass is 289 g/mol. The molecule has 4 heteroatoms. The number of fused-ring (bicyclic) bond motifs is 1. The summed E-state index contributed by atoms with van der Waals surface area (Å²) in [5, 5.41) is 15.5. The van der Waals surface area contributed by atoms with Gasteiger partial charge in [0.1, 0.15) is 5.84 Å². The molecule has 116 valence electrons. The van der Waals surface area contributed by atoms with E-state index in [1.807, 2.05) is 13.8 Å². The lowest BCUT2D eigenvalue weighted by Crippen LogP contribution is -2.32. The molecule has 0 heterocycles. The lowest BCUT2D eigenvalue weighted by molar-refractivity contribution is 0.305. The molecule has 0 spiro atoms. The average Bonchev–Trinajstić information content (AvgIpc) is 2.50. The Morgan fingerprint density at radius 3 is 2.86 bits per heavy atom. The molecule has 0 atom stereocenters. The van der Waals surface area contributed by atoms with E-state index in [2.05, 4.69) is 28.7 Å². The van der Waals surface area contributed by atoms with Crippen molar-refractivity contribution in [3.8, 4) is 0 Å². The highest BCUT2D eigenvalue weighted by molar-refractivity contribution is 5.85. The predicted molar refractivity (Wildman–Crippen MR) is 88.0 cm³/mol. The second-order valence-corrected chi connectivity index (χ2v) is 6.55. The van der Waals surface area contributed by atoms with Crippen LogP contribution < -0.4 is 11.1 Å². The Hall–Kier alpha value is -1.71. The first-order chi connectivity index (χ1) is 10.0. The minimum Gasteiger partial charge on any atom is -0.409 e. The van der Waals surface area contributed by atoms with Crippen LogP contribution >= 0.6 is 0 Å². The molecule has 21 heavy (non-hydrogen) atoms. The molecule has 0 aliphatic heterocycles. The van der Waals surface area contributed by atoms with E-state index in [0.717, 1.165) is 19.4 Å². The first-order valence-electron chi connectivity index (χ1n) is 7.87. The minimum absolute atomic E-state index is 0.257. The highest BCUT2D eigenvalue weighted by atomic mass is 16.4. The van der Waals surface area contributed by atoms with Gasteiger partial charge in [0.25, 0.3) is 0 Å². The van der Waals surface area contributed by atoms with E-state index in [1.165, 1.54) is 42.5 Å². The van der Waals surface area contributed by atoms with Crippen molar-refractivity contribution in [2.75, 3.05) is 11.9 Å². The Bertz CT molecular complexity index is 509. The zero-order valence-electron chi connectivity index (χ0n) is 13.2. The van der Waals surface area contributed by atoms with Gasteiger partial charge in [-0.2, -0.15) is 0 Å². The van der Waals surface area contributed by atoms with Crippen molar-refractivity contribution in [2.24, 2.45) is 16.3 Å². The molecule has 0 aromatic heterocycles. The summed E-state index contributed by atoms with van der Waals surface area (Å²) in [5.74, 6) is 0.305. The van der Waals surface area contributed by atoms with E-state index in [9.17, 15) is 0 Å². The number of hydrogen-bond acceptors (Lipinski definition) is 3. The van der Waals surface area contributed by atoms with Gasteiger partial charge in [-0.25, -0.2) is 0 Å². The van der Waals surface area contributed by atoms with Crippen LogP contribution in [-0.2, 0) is 12.8 Å². The summed E-state index contributed by atoms with van der Waals surface area (Å²) >= 11 is 0. The smallest absolute Gasteiger partial charge is 0.144 e. The normalized spacial score (nSPS) is 15.6. The number of nitrogens with zero attached hydrogens (tertiary/aromatic N) is 1. The molecule has 1 aliphatic rings. The minimum atomic E-state index is -0.257. The molecule has 0 fully saturated rings. The zero-order chi connectivity index (χ0) is 15.3. The van der Waals surface area contributed by atoms with Crippen LogP contribution in [0.4, 0.5) is 5.69 Å². The van der Waals surface area contributed by atoms with Crippen molar-refractivity contribution < 1.29 is 5.21 Å². The van der Waals surface area contributed by atoms with Gasteiger partial charge in [-0.3, -0.25) is 0 Å². The molecule has 0 saturated heterocycles. The van der Waals surface area contributed by atoms with Gasteiger partial charge >= 0.3 is 0 Å². The maximum Gasteiger partial charge on any atom is 0.144 e. The third kappa shape index (κ3) is 3.90. The largest absolute Gasteiger partial charge is 0.409 e. The highest BCUT2D eigenvalue weighted by Crippen LogP contribution is 2.28. The fourth-order valence-corrected chi connectivity index (χ4v) is 2.96. The fraction of sp³-hybridized carbons (Fsp3) is 0.588. The molecule has 1 aromatic carbocycles. The average molecular weight is 289 g/mol. The third-order valence-electron chi connectivity index (χ3n) is 4.49. The maximum atomic E-state index is 8.78. The van der Waals surface area contributed by atoms with E-state index < -0.39 is 0 Å². The Morgan fingerprint density at radius 1 is 1.33 bits per heavy atom. The van der Waals surface area contributed by atoms with Gasteiger partial charge in [-0.1, -0.05) is 31.1 Å². The van der Waals surface area contributed by atoms with E-state index in [-0.39, 0.29) is 5.41 Å². The van der Waals surface area contributed by atoms with E-state index in [0.29, 0.717) is 5.84 Å². The Morgan fingerprint density at radius 2 is 2.10 bits per heavy atom. The standard InChI is InChI=1S/C17H27N3O/c1-17(2,16(18)20-21)11-6-12-19-15-10-5-8-13-7-3-4-9-14(13)15/h5,8,10,19,21H,3-4,6-7,9,11-12H2,1-2H3,(H2,18,20). The zero-order valence-corrected chi connectivity index (χ0v) is 13.2. The predicted octanol–water partition coefficient (Wildman–Crippen LogP) is 3.53. The van der Waals surface area contributed by atoms with E-state index >= 15 is 0 Å². The number of nitrogens with one attached hydrogen (secondary N) is 1. The van der Waals surface area contributed by atoms with Crippen LogP contribution in [0.25, 0.3) is 0 Å². The van der Waals surface area contributed by atoms with Crippen molar-refractivity contribution >= 4 is 11.5 Å². The fourth-order valence-electron chi connectivity index (χ4n) is 2.96. The first kappa shape index (κ1) is 15.7. The van der Waals surface area contributed by atoms with Crippen LogP contribution in [0.1, 0.15) is 50.7 Å². The van der Waals surface area contributed by atoms with Crippen molar-refractivity contribution in [3.63, 3.8) is 0 Å². The second-order valence-electron chi connectivity index (χ2n) is 6.55. The summed E-state index contributed by atoms with van der Waals surface area (Å²) < 4.78 is 0. The molecular weight excluding hydrogens is 262 g/mol. The molecule has 0 amide bonds. The lowest BCUT2D eigenvalue weighted by Gasteiger charge is -2.23. The Kier molecular flexibility index (Phi) is 5.10. The topological polar surface area (TPSA) is 70.6 Å². The molecule has 1 aliphatic carbocycles. The molecule has 0 bridgehead atoms. The molecule has 1 aromatic rings. The molecule has 4 nitrogen and oxygen atoms in total. The number of nitrogens with two attached hydrogens (primary N) is 1. The van der Waals surface area contributed by atoms with Crippen molar-refractivity contribution in [1.29, 1.82) is 0 Å². The molecule has 2 rings (SSSR count). The second kappa shape index (κ2) is 6.83. The molecule has 0 radical (unpaired) electrons. The summed E-state index contributed by atoms with van der Waals surface area (Å²) in [6.45, 7) is 4.93. The van der Waals surface area contributed by atoms with Crippen molar-refractivity contribution in [1.82, 2.24) is 0 Å². The number of aryl methyl sites for hydroxylation is 1. The van der Waals surface area contributed by atoms with Crippen LogP contribution in [0.15, 0.2) is 23.4 Å². The number of oxime groups is 1. The van der Waals surface area contributed by atoms with Gasteiger partial charge in [0.2, 0.25) is 0 Å². The van der Waals surface area contributed by atoms with Crippen LogP contribution in [-0.4, -0.2) is 17.6 Å². The summed E-state index contributed by atoms with van der Waals surface area (Å²) in [4.78, 5) is 0. The number of anilines is 1. The number of benzene rings is 1. The first-order valence-corrected chi connectivity index (χ1v) is 7.87. The highest BCUT2D eigenvalue weighted by Gasteiger charge is 2.22. The molecule has 0 saturated carbocycles. The van der Waals surface area contributed by atoms with E-state index in [1.54, 1.807) is 0 Å². The lowest BCUT2D eigenvalue weighted by atomic mass is 9.86. The molecule has 0 unspecified atom stereocenters. The molecule has 4 N–H and O–H groups in total. The van der Waals surface area contributed by atoms with Gasteiger partial charge in [0.05, 0.1) is 0 Å². The summed E-state index contributed by atoms with van der Waals surface area (Å²) in [6.07, 6.45) is 6.89. The summed E-state index contributed by atoms with van der Waals surface area (Å²) in [7, 11) is 0. The number of amidine groups is 1. The van der Waals surface area contributed by atoms with Crippen LogP contribution in [0.2, 0.25) is 0 Å². The van der Waals surface area contributed by atoms with Gasteiger partial charge in [0, 0.05) is 17.6 Å². The van der Waals surface area contributed by atoms with Gasteiger partial charge in [-0.15, -0.1) is 0 Å². The third-order valence-corrected chi connectivity index (χ3v) is 4.49. The van der Waals surface area contributed by atoms with Crippen molar-refractivity contribution in [2.45, 2.75) is 52.4 Å². The van der Waals surface area contributed by atoms with Crippen LogP contribution in [0.3, 0.4) is 0 Å². The van der Waals surface area contributed by atoms with Crippen LogP contribution in [0.5, 0.6) is 0 Å². The quantitative estimate of drug-likeness (QED) is 0.247. The van der Waals surface area contributed by atoms with Crippen LogP contribution in [0, 0.1) is 5.41 Å². The van der Waals surface area contributed by atoms with Gasteiger partial charge in [0.15, 0.2) is 0 Å². The van der Waals surface area contributed by atoms with Crippen molar-refractivity contribution in [3.05, 3.63) is 29.3 Å². The number of rotatable bonds is 6. The Balaban J connectivity index is 1.87. The van der Waals surface area contributed by atoms with Gasteiger partial charge < -0.3 is 16.3 Å². The van der Waals surface area contributed by atoms with E-state index in [4.69, 9.17) is 10.9 Å². The number of hydrogen-bond donors (Lipinski definition) is 3. The SMILES string of the molecule is CC(C)(CCCNc1cccc2c1CCCC2)C(N)=NO. The molecular formula is C17H27N3O.